The first-order valence-electron chi connectivity index (χ1n) is 12.4. The van der Waals surface area contributed by atoms with Gasteiger partial charge in [-0.05, 0) is 55.8 Å². The van der Waals surface area contributed by atoms with E-state index in [0.29, 0.717) is 6.54 Å². The number of aryl methyl sites for hydroxylation is 1. The van der Waals surface area contributed by atoms with E-state index in [1.165, 1.54) is 48.1 Å². The third-order valence-corrected chi connectivity index (χ3v) is 7.56. The summed E-state index contributed by atoms with van der Waals surface area (Å²) in [6, 6.07) is 7.22. The average Bonchev–Trinajstić information content (AvgIpc) is 2.83. The van der Waals surface area contributed by atoms with Crippen LogP contribution in [0, 0.1) is 0 Å². The summed E-state index contributed by atoms with van der Waals surface area (Å²) in [6.45, 7) is 6.10. The Morgan fingerprint density at radius 2 is 2.00 bits per heavy atom. The highest BCUT2D eigenvalue weighted by Crippen LogP contribution is 2.34. The van der Waals surface area contributed by atoms with Crippen molar-refractivity contribution in [1.82, 2.24) is 19.8 Å². The fraction of sp³-hybridized carbons (Fsp3) is 0.577. The number of anilines is 2. The van der Waals surface area contributed by atoms with Crippen LogP contribution in [0.25, 0.3) is 0 Å². The molecule has 1 fully saturated rings. The van der Waals surface area contributed by atoms with Gasteiger partial charge in [-0.1, -0.05) is 18.6 Å². The van der Waals surface area contributed by atoms with Crippen molar-refractivity contribution >= 4 is 17.4 Å². The van der Waals surface area contributed by atoms with Crippen LogP contribution in [0.4, 0.5) is 11.5 Å². The Bertz CT molecular complexity index is 1040. The summed E-state index contributed by atoms with van der Waals surface area (Å²) in [5.41, 5.74) is 6.41. The summed E-state index contributed by atoms with van der Waals surface area (Å²) >= 11 is 0. The van der Waals surface area contributed by atoms with Gasteiger partial charge in [-0.25, -0.2) is 9.97 Å². The van der Waals surface area contributed by atoms with Crippen LogP contribution >= 0.6 is 0 Å². The van der Waals surface area contributed by atoms with Crippen LogP contribution in [-0.2, 0) is 30.7 Å². The van der Waals surface area contributed by atoms with Gasteiger partial charge in [0.15, 0.2) is 0 Å². The van der Waals surface area contributed by atoms with Gasteiger partial charge in [0.1, 0.15) is 11.6 Å². The van der Waals surface area contributed by atoms with Crippen LogP contribution in [0.3, 0.4) is 0 Å². The number of fused-ring (bicyclic) bond motifs is 2. The fourth-order valence-electron chi connectivity index (χ4n) is 5.72. The summed E-state index contributed by atoms with van der Waals surface area (Å²) in [5, 5.41) is 3.30. The first-order chi connectivity index (χ1) is 16.0. The molecule has 1 N–H and O–H groups in total. The maximum absolute atomic E-state index is 12.0. The van der Waals surface area contributed by atoms with Gasteiger partial charge in [-0.3, -0.25) is 9.69 Å². The van der Waals surface area contributed by atoms with Crippen LogP contribution in [0.2, 0.25) is 0 Å². The molecule has 3 aliphatic heterocycles. The SMILES string of the molecule is CNc1nc([C@@H]2CCCCN2Cc2ccc3c(c2)CCCN3C)nc2c1CCN(C(C)=O)C2. The topological polar surface area (TPSA) is 64.6 Å². The third kappa shape index (κ3) is 4.43. The molecule has 0 aliphatic carbocycles. The molecule has 0 spiro atoms. The predicted molar refractivity (Wildman–Crippen MR) is 131 cm³/mol. The van der Waals surface area contributed by atoms with Crippen molar-refractivity contribution in [2.45, 2.75) is 64.6 Å². The molecule has 0 radical (unpaired) electrons. The predicted octanol–water partition coefficient (Wildman–Crippen LogP) is 3.53. The quantitative estimate of drug-likeness (QED) is 0.772. The Morgan fingerprint density at radius 3 is 2.82 bits per heavy atom. The first kappa shape index (κ1) is 22.1. The number of nitrogens with one attached hydrogen (secondary N) is 1. The molecule has 0 unspecified atom stereocenters. The molecule has 7 nitrogen and oxygen atoms in total. The zero-order valence-corrected chi connectivity index (χ0v) is 20.2. The Labute approximate surface area is 197 Å². The van der Waals surface area contributed by atoms with Gasteiger partial charge in [0.2, 0.25) is 5.91 Å². The first-order valence-corrected chi connectivity index (χ1v) is 12.4. The number of carbonyl (C=O) groups is 1. The van der Waals surface area contributed by atoms with E-state index < -0.39 is 0 Å². The number of hydrogen-bond donors (Lipinski definition) is 1. The normalized spacial score (nSPS) is 20.9. The minimum Gasteiger partial charge on any atom is -0.374 e. The molecule has 176 valence electrons. The third-order valence-electron chi connectivity index (χ3n) is 7.56. The number of likely N-dealkylation sites (tertiary alicyclic amines) is 1. The summed E-state index contributed by atoms with van der Waals surface area (Å²) in [4.78, 5) is 28.9. The molecule has 4 heterocycles. The molecule has 7 heteroatoms. The molecule has 1 saturated heterocycles. The van der Waals surface area contributed by atoms with E-state index in [1.807, 2.05) is 11.9 Å². The lowest BCUT2D eigenvalue weighted by atomic mass is 9.97. The van der Waals surface area contributed by atoms with Crippen molar-refractivity contribution in [1.29, 1.82) is 0 Å². The second kappa shape index (κ2) is 9.29. The molecule has 3 aliphatic rings. The number of nitrogens with zero attached hydrogens (tertiary/aromatic N) is 5. The number of benzene rings is 1. The van der Waals surface area contributed by atoms with E-state index in [4.69, 9.17) is 9.97 Å². The zero-order valence-electron chi connectivity index (χ0n) is 20.2. The highest BCUT2D eigenvalue weighted by Gasteiger charge is 2.30. The van der Waals surface area contributed by atoms with Gasteiger partial charge >= 0.3 is 0 Å². The molecular formula is C26H36N6O. The molecule has 2 aromatic rings. The van der Waals surface area contributed by atoms with Crippen molar-refractivity contribution in [2.24, 2.45) is 0 Å². The van der Waals surface area contributed by atoms with Crippen molar-refractivity contribution in [3.8, 4) is 0 Å². The van der Waals surface area contributed by atoms with Crippen molar-refractivity contribution in [2.75, 3.05) is 43.9 Å². The van der Waals surface area contributed by atoms with E-state index in [-0.39, 0.29) is 11.9 Å². The number of aromatic nitrogens is 2. The van der Waals surface area contributed by atoms with Gasteiger partial charge < -0.3 is 15.1 Å². The number of rotatable bonds is 4. The van der Waals surface area contributed by atoms with E-state index in [2.05, 4.69) is 40.4 Å². The van der Waals surface area contributed by atoms with E-state index >= 15 is 0 Å². The zero-order chi connectivity index (χ0) is 22.9. The molecule has 1 aromatic carbocycles. The Morgan fingerprint density at radius 1 is 1.12 bits per heavy atom. The van der Waals surface area contributed by atoms with Crippen LogP contribution < -0.4 is 10.2 Å². The summed E-state index contributed by atoms with van der Waals surface area (Å²) in [6.07, 6.45) is 6.70. The van der Waals surface area contributed by atoms with Crippen LogP contribution in [0.5, 0.6) is 0 Å². The molecule has 5 rings (SSSR count). The minimum atomic E-state index is 0.115. The molecule has 1 aromatic heterocycles. The van der Waals surface area contributed by atoms with E-state index in [9.17, 15) is 4.79 Å². The van der Waals surface area contributed by atoms with Gasteiger partial charge in [-0.15, -0.1) is 0 Å². The lowest BCUT2D eigenvalue weighted by molar-refractivity contribution is -0.129. The number of amides is 1. The Kier molecular flexibility index (Phi) is 6.23. The largest absolute Gasteiger partial charge is 0.374 e. The monoisotopic (exact) mass is 448 g/mol. The van der Waals surface area contributed by atoms with Gasteiger partial charge in [0.25, 0.3) is 0 Å². The average molecular weight is 449 g/mol. The molecular weight excluding hydrogens is 412 g/mol. The van der Waals surface area contributed by atoms with Crippen molar-refractivity contribution < 1.29 is 4.79 Å². The highest BCUT2D eigenvalue weighted by molar-refractivity contribution is 5.73. The second-order valence-electron chi connectivity index (χ2n) is 9.77. The molecule has 1 amide bonds. The molecule has 1 atom stereocenters. The Balaban J connectivity index is 1.42. The Hall–Kier alpha value is -2.67. The van der Waals surface area contributed by atoms with E-state index in [1.54, 1.807) is 6.92 Å². The maximum Gasteiger partial charge on any atom is 0.219 e. The maximum atomic E-state index is 12.0. The van der Waals surface area contributed by atoms with Crippen molar-refractivity contribution in [3.05, 3.63) is 46.4 Å². The summed E-state index contributed by atoms with van der Waals surface area (Å²) < 4.78 is 0. The van der Waals surface area contributed by atoms with Crippen molar-refractivity contribution in [3.63, 3.8) is 0 Å². The fourth-order valence-corrected chi connectivity index (χ4v) is 5.72. The second-order valence-corrected chi connectivity index (χ2v) is 9.77. The molecule has 0 bridgehead atoms. The lowest BCUT2D eigenvalue weighted by Gasteiger charge is -2.36. The van der Waals surface area contributed by atoms with Crippen LogP contribution in [-0.4, -0.2) is 59.4 Å². The highest BCUT2D eigenvalue weighted by atomic mass is 16.2. The smallest absolute Gasteiger partial charge is 0.219 e. The summed E-state index contributed by atoms with van der Waals surface area (Å²) in [5.74, 6) is 1.95. The number of piperidine rings is 1. The van der Waals surface area contributed by atoms with Crippen LogP contribution in [0.15, 0.2) is 18.2 Å². The standard InChI is InChI=1S/C26H36N6O/c1-18(33)31-14-11-21-22(17-31)28-26(29-25(21)27-2)24-8-4-5-13-32(24)16-19-9-10-23-20(15-19)7-6-12-30(23)3/h9-10,15,24H,4-8,11-14,16-17H2,1-3H3,(H,27,28,29)/t24-/m0/s1. The number of hydrogen-bond acceptors (Lipinski definition) is 6. The van der Waals surface area contributed by atoms with Gasteiger partial charge in [0, 0.05) is 51.9 Å². The van der Waals surface area contributed by atoms with Crippen LogP contribution in [0.1, 0.15) is 66.9 Å². The number of carbonyl (C=O) groups excluding carboxylic acids is 1. The lowest BCUT2D eigenvalue weighted by Crippen LogP contribution is -2.37. The van der Waals surface area contributed by atoms with E-state index in [0.717, 1.165) is 56.4 Å². The molecule has 33 heavy (non-hydrogen) atoms. The minimum absolute atomic E-state index is 0.115. The molecule has 0 saturated carbocycles. The summed E-state index contributed by atoms with van der Waals surface area (Å²) in [7, 11) is 4.13. The van der Waals surface area contributed by atoms with Gasteiger partial charge in [-0.2, -0.15) is 0 Å². The van der Waals surface area contributed by atoms with Gasteiger partial charge in [0.05, 0.1) is 18.3 Å².